The van der Waals surface area contributed by atoms with Crippen LogP contribution in [0.25, 0.3) is 0 Å². The van der Waals surface area contributed by atoms with Gasteiger partial charge in [0.2, 0.25) is 0 Å². The van der Waals surface area contributed by atoms with E-state index in [2.05, 4.69) is 24.1 Å². The molecule has 2 heterocycles. The lowest BCUT2D eigenvalue weighted by molar-refractivity contribution is 0.101. The van der Waals surface area contributed by atoms with Gasteiger partial charge >= 0.3 is 0 Å². The van der Waals surface area contributed by atoms with Crippen LogP contribution in [0.15, 0.2) is 36.7 Å². The fourth-order valence-corrected chi connectivity index (χ4v) is 3.59. The van der Waals surface area contributed by atoms with Gasteiger partial charge in [-0.1, -0.05) is 42.9 Å². The minimum absolute atomic E-state index is 0.117. The molecule has 0 fully saturated rings. The Kier molecular flexibility index (Phi) is 5.92. The Morgan fingerprint density at radius 3 is 2.74 bits per heavy atom. The van der Waals surface area contributed by atoms with Gasteiger partial charge in [-0.3, -0.25) is 10.1 Å². The second-order valence-corrected chi connectivity index (χ2v) is 8.28. The number of halogens is 3. The number of carbonyl (C=O) groups is 1. The molecule has 1 amide bonds. The molecular weight excluding hydrogens is 392 g/mol. The second-order valence-electron chi connectivity index (χ2n) is 6.62. The first-order valence-corrected chi connectivity index (χ1v) is 9.57. The topological polar surface area (TPSA) is 46.9 Å². The quantitative estimate of drug-likeness (QED) is 0.594. The molecule has 1 N–H and O–H groups in total. The van der Waals surface area contributed by atoms with E-state index in [9.17, 15) is 13.6 Å². The van der Waals surface area contributed by atoms with Crippen LogP contribution in [-0.4, -0.2) is 15.5 Å². The molecule has 0 spiro atoms. The first-order valence-electron chi connectivity index (χ1n) is 8.37. The van der Waals surface area contributed by atoms with Crippen molar-refractivity contribution < 1.29 is 13.6 Å². The highest BCUT2D eigenvalue weighted by Crippen LogP contribution is 2.24. The van der Waals surface area contributed by atoms with Crippen molar-refractivity contribution in [1.82, 2.24) is 9.55 Å². The number of hydrogen-bond donors (Lipinski definition) is 1. The summed E-state index contributed by atoms with van der Waals surface area (Å²) in [4.78, 5) is 16.7. The van der Waals surface area contributed by atoms with E-state index >= 15 is 0 Å². The van der Waals surface area contributed by atoms with Gasteiger partial charge < -0.3 is 4.57 Å². The van der Waals surface area contributed by atoms with E-state index in [1.807, 2.05) is 6.20 Å². The first kappa shape index (κ1) is 19.5. The number of rotatable bonds is 6. The maximum absolute atomic E-state index is 14.1. The molecule has 3 aromatic rings. The molecule has 0 aliphatic heterocycles. The van der Waals surface area contributed by atoms with Crippen LogP contribution in [-0.2, 0) is 13.0 Å². The fraction of sp³-hybridized carbons (Fsp3) is 0.263. The van der Waals surface area contributed by atoms with Crippen LogP contribution in [0.4, 0.5) is 13.9 Å². The zero-order valence-electron chi connectivity index (χ0n) is 14.8. The van der Waals surface area contributed by atoms with E-state index < -0.39 is 11.6 Å². The lowest BCUT2D eigenvalue weighted by Crippen LogP contribution is -2.17. The van der Waals surface area contributed by atoms with E-state index in [1.54, 1.807) is 10.6 Å². The van der Waals surface area contributed by atoms with Gasteiger partial charge in [0.15, 0.2) is 5.13 Å². The Bertz CT molecular complexity index is 968. The summed E-state index contributed by atoms with van der Waals surface area (Å²) in [6.07, 6.45) is 4.06. The van der Waals surface area contributed by atoms with Gasteiger partial charge in [0.05, 0.1) is 12.7 Å². The van der Waals surface area contributed by atoms with Crippen molar-refractivity contribution >= 4 is 34.0 Å². The minimum Gasteiger partial charge on any atom is -0.339 e. The average molecular weight is 410 g/mol. The summed E-state index contributed by atoms with van der Waals surface area (Å²) >= 11 is 7.00. The fourth-order valence-electron chi connectivity index (χ4n) is 2.78. The van der Waals surface area contributed by atoms with E-state index in [4.69, 9.17) is 11.6 Å². The van der Waals surface area contributed by atoms with Crippen molar-refractivity contribution in [2.75, 3.05) is 5.32 Å². The second kappa shape index (κ2) is 8.19. The van der Waals surface area contributed by atoms with E-state index in [1.165, 1.54) is 18.3 Å². The SMILES string of the molecule is CC(C)Cc1cc(C(=O)Nc2ncc(Cl)s2)n(Cc2ccc(F)cc2F)c1. The molecule has 0 atom stereocenters. The maximum Gasteiger partial charge on any atom is 0.274 e. The number of thiazole rings is 1. The lowest BCUT2D eigenvalue weighted by Gasteiger charge is -2.10. The third-order valence-electron chi connectivity index (χ3n) is 3.88. The van der Waals surface area contributed by atoms with Crippen LogP contribution in [0.2, 0.25) is 4.34 Å². The molecule has 0 aliphatic rings. The van der Waals surface area contributed by atoms with Crippen molar-refractivity contribution in [3.8, 4) is 0 Å². The van der Waals surface area contributed by atoms with Crippen molar-refractivity contribution in [3.63, 3.8) is 0 Å². The average Bonchev–Trinajstić information content (AvgIpc) is 3.15. The molecule has 142 valence electrons. The minimum atomic E-state index is -0.646. The van der Waals surface area contributed by atoms with Gasteiger partial charge in [0, 0.05) is 17.8 Å². The summed E-state index contributed by atoms with van der Waals surface area (Å²) in [5.74, 6) is -1.24. The van der Waals surface area contributed by atoms with Gasteiger partial charge in [-0.05, 0) is 30.0 Å². The highest BCUT2D eigenvalue weighted by Gasteiger charge is 2.17. The van der Waals surface area contributed by atoms with Gasteiger partial charge in [0.25, 0.3) is 5.91 Å². The number of anilines is 1. The normalized spacial score (nSPS) is 11.2. The van der Waals surface area contributed by atoms with Crippen molar-refractivity contribution in [2.45, 2.75) is 26.8 Å². The number of nitrogens with one attached hydrogen (secondary N) is 1. The van der Waals surface area contributed by atoms with Crippen LogP contribution >= 0.6 is 22.9 Å². The molecule has 0 saturated heterocycles. The predicted molar refractivity (Wildman–Crippen MR) is 104 cm³/mol. The van der Waals surface area contributed by atoms with Gasteiger partial charge in [-0.2, -0.15) is 0 Å². The Morgan fingerprint density at radius 1 is 1.33 bits per heavy atom. The van der Waals surface area contributed by atoms with E-state index in [0.717, 1.165) is 29.4 Å². The van der Waals surface area contributed by atoms with Crippen LogP contribution in [0, 0.1) is 17.6 Å². The lowest BCUT2D eigenvalue weighted by atomic mass is 10.1. The van der Waals surface area contributed by atoms with Crippen molar-refractivity contribution in [2.24, 2.45) is 5.92 Å². The third kappa shape index (κ3) is 4.93. The molecule has 8 heteroatoms. The molecule has 0 aliphatic carbocycles. The van der Waals surface area contributed by atoms with Crippen LogP contribution in [0.1, 0.15) is 35.5 Å². The molecular formula is C19H18ClF2N3OS. The largest absolute Gasteiger partial charge is 0.339 e. The number of carbonyl (C=O) groups excluding carboxylic acids is 1. The number of benzene rings is 1. The molecule has 1 aromatic carbocycles. The zero-order chi connectivity index (χ0) is 19.6. The number of hydrogen-bond acceptors (Lipinski definition) is 3. The zero-order valence-corrected chi connectivity index (χ0v) is 16.4. The monoisotopic (exact) mass is 409 g/mol. The van der Waals surface area contributed by atoms with E-state index in [-0.39, 0.29) is 12.5 Å². The summed E-state index contributed by atoms with van der Waals surface area (Å²) in [5, 5.41) is 3.09. The molecule has 4 nitrogen and oxygen atoms in total. The number of aromatic nitrogens is 2. The highest BCUT2D eigenvalue weighted by molar-refractivity contribution is 7.19. The van der Waals surface area contributed by atoms with Crippen LogP contribution in [0.5, 0.6) is 0 Å². The summed E-state index contributed by atoms with van der Waals surface area (Å²) in [6.45, 7) is 4.27. The summed E-state index contributed by atoms with van der Waals surface area (Å²) in [7, 11) is 0. The summed E-state index contributed by atoms with van der Waals surface area (Å²) in [5.41, 5.74) is 1.64. The highest BCUT2D eigenvalue weighted by atomic mass is 35.5. The predicted octanol–water partition coefficient (Wildman–Crippen LogP) is 5.38. The first-order chi connectivity index (χ1) is 12.8. The van der Waals surface area contributed by atoms with Gasteiger partial charge in [-0.25, -0.2) is 13.8 Å². The van der Waals surface area contributed by atoms with Gasteiger partial charge in [-0.15, -0.1) is 0 Å². The summed E-state index contributed by atoms with van der Waals surface area (Å²) in [6, 6.07) is 5.21. The molecule has 0 saturated carbocycles. The molecule has 0 unspecified atom stereocenters. The van der Waals surface area contributed by atoms with Crippen LogP contribution < -0.4 is 5.32 Å². The maximum atomic E-state index is 14.1. The number of amides is 1. The Labute approximate surface area is 164 Å². The Morgan fingerprint density at radius 2 is 2.11 bits per heavy atom. The van der Waals surface area contributed by atoms with Crippen LogP contribution in [0.3, 0.4) is 0 Å². The third-order valence-corrected chi connectivity index (χ3v) is 4.91. The molecule has 2 aromatic heterocycles. The summed E-state index contributed by atoms with van der Waals surface area (Å²) < 4.78 is 29.3. The molecule has 0 bridgehead atoms. The molecule has 3 rings (SSSR count). The van der Waals surface area contributed by atoms with Crippen molar-refractivity contribution in [1.29, 1.82) is 0 Å². The van der Waals surface area contributed by atoms with Crippen molar-refractivity contribution in [3.05, 3.63) is 69.5 Å². The Hall–Kier alpha value is -2.25. The van der Waals surface area contributed by atoms with Gasteiger partial charge in [0.1, 0.15) is 21.7 Å². The smallest absolute Gasteiger partial charge is 0.274 e. The molecule has 27 heavy (non-hydrogen) atoms. The standard InChI is InChI=1S/C19H18ClF2N3OS/c1-11(2)5-12-6-16(18(26)24-19-23-8-17(20)27-19)25(9-12)10-13-3-4-14(21)7-15(13)22/h3-4,6-9,11H,5,10H2,1-2H3,(H,23,24,26). The van der Waals surface area contributed by atoms with E-state index in [0.29, 0.717) is 26.6 Å². The number of nitrogens with zero attached hydrogens (tertiary/aromatic N) is 2. The Balaban J connectivity index is 1.90. The molecule has 0 radical (unpaired) electrons.